The van der Waals surface area contributed by atoms with Crippen LogP contribution in [0.4, 0.5) is 0 Å². The van der Waals surface area contributed by atoms with Crippen LogP contribution in [0.15, 0.2) is 12.1 Å². The van der Waals surface area contributed by atoms with Crippen LogP contribution in [0.5, 0.6) is 17.2 Å². The Labute approximate surface area is 108 Å². The highest BCUT2D eigenvalue weighted by Gasteiger charge is 2.14. The van der Waals surface area contributed by atoms with Crippen LogP contribution in [0, 0.1) is 0 Å². The molecule has 0 heterocycles. The Morgan fingerprint density at radius 1 is 0.944 bits per heavy atom. The van der Waals surface area contributed by atoms with Gasteiger partial charge in [-0.05, 0) is 7.05 Å². The number of hydrogen-bond donors (Lipinski definition) is 0. The maximum atomic E-state index is 5.38. The molecule has 0 aliphatic rings. The summed E-state index contributed by atoms with van der Waals surface area (Å²) in [7, 11) is 8.51. The third-order valence-corrected chi connectivity index (χ3v) is 2.59. The standard InChI is InChI=1S/C13H21NO4/c1-14(9-15-2)8-11-12(17-4)6-10(16-3)7-13(11)18-5/h6-7H,8-9H2,1-5H3. The van der Waals surface area contributed by atoms with E-state index < -0.39 is 0 Å². The van der Waals surface area contributed by atoms with E-state index in [-0.39, 0.29) is 0 Å². The van der Waals surface area contributed by atoms with E-state index >= 15 is 0 Å². The van der Waals surface area contributed by atoms with Crippen molar-refractivity contribution in [3.8, 4) is 17.2 Å². The van der Waals surface area contributed by atoms with E-state index in [0.717, 1.165) is 17.1 Å². The smallest absolute Gasteiger partial charge is 0.130 e. The van der Waals surface area contributed by atoms with E-state index in [4.69, 9.17) is 18.9 Å². The Bertz CT molecular complexity index is 356. The van der Waals surface area contributed by atoms with Crippen molar-refractivity contribution in [1.29, 1.82) is 0 Å². The molecule has 1 rings (SSSR count). The third kappa shape index (κ3) is 3.51. The van der Waals surface area contributed by atoms with Crippen molar-refractivity contribution in [2.75, 3.05) is 42.2 Å². The second-order valence-corrected chi connectivity index (χ2v) is 3.94. The van der Waals surface area contributed by atoms with Crippen molar-refractivity contribution in [3.05, 3.63) is 17.7 Å². The summed E-state index contributed by atoms with van der Waals surface area (Å²) in [6.45, 7) is 1.21. The molecule has 18 heavy (non-hydrogen) atoms. The van der Waals surface area contributed by atoms with Gasteiger partial charge >= 0.3 is 0 Å². The largest absolute Gasteiger partial charge is 0.496 e. The lowest BCUT2D eigenvalue weighted by atomic mass is 10.1. The molecule has 1 aromatic rings. The fraction of sp³-hybridized carbons (Fsp3) is 0.538. The summed E-state index contributed by atoms with van der Waals surface area (Å²) in [5.41, 5.74) is 0.973. The normalized spacial score (nSPS) is 10.6. The second kappa shape index (κ2) is 7.08. The highest BCUT2D eigenvalue weighted by Crippen LogP contribution is 2.34. The molecule has 5 heteroatoms. The van der Waals surface area contributed by atoms with Crippen LogP contribution in [-0.4, -0.2) is 47.1 Å². The van der Waals surface area contributed by atoms with E-state index in [1.165, 1.54) is 0 Å². The first-order valence-electron chi connectivity index (χ1n) is 5.62. The fourth-order valence-electron chi connectivity index (χ4n) is 1.77. The van der Waals surface area contributed by atoms with Gasteiger partial charge in [-0.25, -0.2) is 0 Å². The topological polar surface area (TPSA) is 40.2 Å². The first-order valence-corrected chi connectivity index (χ1v) is 5.62. The molecule has 0 spiro atoms. The fourth-order valence-corrected chi connectivity index (χ4v) is 1.77. The maximum Gasteiger partial charge on any atom is 0.130 e. The van der Waals surface area contributed by atoms with Crippen LogP contribution in [0.25, 0.3) is 0 Å². The van der Waals surface area contributed by atoms with Crippen molar-refractivity contribution >= 4 is 0 Å². The number of methoxy groups -OCH3 is 4. The van der Waals surface area contributed by atoms with E-state index in [2.05, 4.69) is 0 Å². The van der Waals surface area contributed by atoms with Crippen LogP contribution < -0.4 is 14.2 Å². The minimum absolute atomic E-state index is 0.540. The maximum absolute atomic E-state index is 5.38. The van der Waals surface area contributed by atoms with Crippen LogP contribution >= 0.6 is 0 Å². The van der Waals surface area contributed by atoms with Crippen molar-refractivity contribution in [3.63, 3.8) is 0 Å². The molecule has 0 aromatic heterocycles. The van der Waals surface area contributed by atoms with Crippen LogP contribution in [0.3, 0.4) is 0 Å². The van der Waals surface area contributed by atoms with Gasteiger partial charge in [0.05, 0.1) is 33.6 Å². The van der Waals surface area contributed by atoms with Crippen molar-refractivity contribution in [2.45, 2.75) is 6.54 Å². The average Bonchev–Trinajstić information content (AvgIpc) is 2.39. The van der Waals surface area contributed by atoms with Crippen LogP contribution in [-0.2, 0) is 11.3 Å². The third-order valence-electron chi connectivity index (χ3n) is 2.59. The molecule has 0 bridgehead atoms. The van der Waals surface area contributed by atoms with Gasteiger partial charge in [-0.15, -0.1) is 0 Å². The zero-order valence-electron chi connectivity index (χ0n) is 11.6. The molecule has 0 amide bonds. The Morgan fingerprint density at radius 3 is 1.89 bits per heavy atom. The molecule has 0 saturated heterocycles. The molecule has 5 nitrogen and oxygen atoms in total. The summed E-state index contributed by atoms with van der Waals surface area (Å²) < 4.78 is 21.1. The summed E-state index contributed by atoms with van der Waals surface area (Å²) in [4.78, 5) is 2.02. The van der Waals surface area contributed by atoms with Gasteiger partial charge in [-0.3, -0.25) is 4.90 Å². The summed E-state index contributed by atoms with van der Waals surface area (Å²) in [5.74, 6) is 2.20. The zero-order valence-corrected chi connectivity index (χ0v) is 11.6. The summed E-state index contributed by atoms with van der Waals surface area (Å²) in [6.07, 6.45) is 0. The molecule has 0 N–H and O–H groups in total. The summed E-state index contributed by atoms with van der Waals surface area (Å²) in [6, 6.07) is 3.69. The molecule has 0 unspecified atom stereocenters. The molecular weight excluding hydrogens is 234 g/mol. The summed E-state index contributed by atoms with van der Waals surface area (Å²) >= 11 is 0. The van der Waals surface area contributed by atoms with Gasteiger partial charge in [0.1, 0.15) is 17.2 Å². The molecule has 0 radical (unpaired) electrons. The highest BCUT2D eigenvalue weighted by atomic mass is 16.5. The van der Waals surface area contributed by atoms with Gasteiger partial charge in [0.2, 0.25) is 0 Å². The van der Waals surface area contributed by atoms with E-state index in [1.54, 1.807) is 28.4 Å². The first kappa shape index (κ1) is 14.6. The Kier molecular flexibility index (Phi) is 5.74. The molecule has 0 aliphatic carbocycles. The number of rotatable bonds is 7. The number of ether oxygens (including phenoxy) is 4. The quantitative estimate of drug-likeness (QED) is 0.694. The molecule has 0 saturated carbocycles. The minimum atomic E-state index is 0.540. The SMILES string of the molecule is COCN(C)Cc1c(OC)cc(OC)cc1OC. The average molecular weight is 255 g/mol. The molecule has 0 atom stereocenters. The zero-order chi connectivity index (χ0) is 13.5. The van der Waals surface area contributed by atoms with Gasteiger partial charge in [-0.1, -0.05) is 0 Å². The van der Waals surface area contributed by atoms with Gasteiger partial charge < -0.3 is 18.9 Å². The minimum Gasteiger partial charge on any atom is -0.496 e. The first-order chi connectivity index (χ1) is 8.65. The monoisotopic (exact) mass is 255 g/mol. The van der Waals surface area contributed by atoms with E-state index in [0.29, 0.717) is 19.0 Å². The summed E-state index contributed by atoms with van der Waals surface area (Å²) in [5, 5.41) is 0. The van der Waals surface area contributed by atoms with Gasteiger partial charge in [0, 0.05) is 25.8 Å². The van der Waals surface area contributed by atoms with Crippen LogP contribution in [0.2, 0.25) is 0 Å². The number of nitrogens with zero attached hydrogens (tertiary/aromatic N) is 1. The number of hydrogen-bond acceptors (Lipinski definition) is 5. The van der Waals surface area contributed by atoms with Crippen molar-refractivity contribution in [1.82, 2.24) is 4.90 Å². The van der Waals surface area contributed by atoms with Gasteiger partial charge in [-0.2, -0.15) is 0 Å². The lowest BCUT2D eigenvalue weighted by Crippen LogP contribution is -2.21. The van der Waals surface area contributed by atoms with E-state index in [9.17, 15) is 0 Å². The van der Waals surface area contributed by atoms with Crippen LogP contribution in [0.1, 0.15) is 5.56 Å². The van der Waals surface area contributed by atoms with Gasteiger partial charge in [0.15, 0.2) is 0 Å². The Morgan fingerprint density at radius 2 is 1.50 bits per heavy atom. The lowest BCUT2D eigenvalue weighted by molar-refractivity contribution is 0.0761. The Balaban J connectivity index is 3.06. The lowest BCUT2D eigenvalue weighted by Gasteiger charge is -2.20. The van der Waals surface area contributed by atoms with Crippen molar-refractivity contribution < 1.29 is 18.9 Å². The molecule has 0 fully saturated rings. The second-order valence-electron chi connectivity index (χ2n) is 3.94. The molecule has 1 aromatic carbocycles. The predicted molar refractivity (Wildman–Crippen MR) is 69.4 cm³/mol. The predicted octanol–water partition coefficient (Wildman–Crippen LogP) is 1.75. The Hall–Kier alpha value is -1.46. The number of benzene rings is 1. The van der Waals surface area contributed by atoms with E-state index in [1.807, 2.05) is 24.1 Å². The van der Waals surface area contributed by atoms with Crippen molar-refractivity contribution in [2.24, 2.45) is 0 Å². The highest BCUT2D eigenvalue weighted by molar-refractivity contribution is 5.50. The van der Waals surface area contributed by atoms with Gasteiger partial charge in [0.25, 0.3) is 0 Å². The molecule has 0 aliphatic heterocycles. The molecular formula is C13H21NO4. The molecule has 102 valence electrons.